The molecule has 3 unspecified atom stereocenters. The standard InChI is InChI=1S/C14H20Cl2N2/c1-8-3-4-13(9(2)5-8)18-14-7-11(16)10(15)6-12(14)17/h6-9,13,18H,3-5,17H2,1-2H3. The highest BCUT2D eigenvalue weighted by Crippen LogP contribution is 2.35. The second-order valence-corrected chi connectivity index (χ2v) is 6.31. The van der Waals surface area contributed by atoms with Crippen molar-refractivity contribution in [2.45, 2.75) is 39.2 Å². The van der Waals surface area contributed by atoms with Gasteiger partial charge in [0.2, 0.25) is 0 Å². The van der Waals surface area contributed by atoms with E-state index in [1.54, 1.807) is 6.07 Å². The molecule has 0 aromatic heterocycles. The van der Waals surface area contributed by atoms with Gasteiger partial charge in [-0.05, 0) is 43.2 Å². The van der Waals surface area contributed by atoms with Crippen LogP contribution in [0.3, 0.4) is 0 Å². The average molecular weight is 287 g/mol. The number of hydrogen-bond acceptors (Lipinski definition) is 2. The predicted molar refractivity (Wildman–Crippen MR) is 80.5 cm³/mol. The van der Waals surface area contributed by atoms with Crippen LogP contribution in [0.5, 0.6) is 0 Å². The van der Waals surface area contributed by atoms with Gasteiger partial charge in [0.15, 0.2) is 0 Å². The van der Waals surface area contributed by atoms with Crippen LogP contribution in [0.4, 0.5) is 11.4 Å². The lowest BCUT2D eigenvalue weighted by Crippen LogP contribution is -2.33. The first-order valence-electron chi connectivity index (χ1n) is 6.48. The van der Waals surface area contributed by atoms with Crippen molar-refractivity contribution in [2.24, 2.45) is 11.8 Å². The van der Waals surface area contributed by atoms with E-state index in [1.807, 2.05) is 6.07 Å². The van der Waals surface area contributed by atoms with E-state index in [4.69, 9.17) is 28.9 Å². The summed E-state index contributed by atoms with van der Waals surface area (Å²) in [5.41, 5.74) is 7.54. The molecule has 1 aliphatic rings. The Bertz CT molecular complexity index is 434. The summed E-state index contributed by atoms with van der Waals surface area (Å²) < 4.78 is 0. The Hall–Kier alpha value is -0.600. The lowest BCUT2D eigenvalue weighted by atomic mass is 9.80. The first kappa shape index (κ1) is 13.8. The largest absolute Gasteiger partial charge is 0.397 e. The Balaban J connectivity index is 2.12. The van der Waals surface area contributed by atoms with Crippen molar-refractivity contribution >= 4 is 34.6 Å². The van der Waals surface area contributed by atoms with Gasteiger partial charge in [-0.15, -0.1) is 0 Å². The van der Waals surface area contributed by atoms with Crippen LogP contribution in [0.25, 0.3) is 0 Å². The number of anilines is 2. The Kier molecular flexibility index (Phi) is 4.29. The van der Waals surface area contributed by atoms with E-state index >= 15 is 0 Å². The molecule has 0 spiro atoms. The van der Waals surface area contributed by atoms with Crippen molar-refractivity contribution in [1.82, 2.24) is 0 Å². The molecule has 2 nitrogen and oxygen atoms in total. The van der Waals surface area contributed by atoms with Crippen LogP contribution >= 0.6 is 23.2 Å². The van der Waals surface area contributed by atoms with E-state index in [0.717, 1.165) is 11.6 Å². The molecule has 0 aliphatic heterocycles. The first-order valence-corrected chi connectivity index (χ1v) is 7.24. The minimum Gasteiger partial charge on any atom is -0.397 e. The third-order valence-electron chi connectivity index (χ3n) is 3.86. The zero-order chi connectivity index (χ0) is 13.3. The fraction of sp³-hybridized carbons (Fsp3) is 0.571. The summed E-state index contributed by atoms with van der Waals surface area (Å²) in [6, 6.07) is 4.01. The van der Waals surface area contributed by atoms with E-state index < -0.39 is 0 Å². The molecule has 1 aromatic rings. The van der Waals surface area contributed by atoms with Crippen LogP contribution < -0.4 is 11.1 Å². The van der Waals surface area contributed by atoms with Gasteiger partial charge < -0.3 is 11.1 Å². The Morgan fingerprint density at radius 3 is 2.50 bits per heavy atom. The van der Waals surface area contributed by atoms with E-state index in [2.05, 4.69) is 19.2 Å². The number of benzene rings is 1. The lowest BCUT2D eigenvalue weighted by molar-refractivity contribution is 0.276. The highest BCUT2D eigenvalue weighted by atomic mass is 35.5. The van der Waals surface area contributed by atoms with Gasteiger partial charge in [0.25, 0.3) is 0 Å². The van der Waals surface area contributed by atoms with Gasteiger partial charge in [-0.25, -0.2) is 0 Å². The van der Waals surface area contributed by atoms with Crippen LogP contribution in [0.1, 0.15) is 33.1 Å². The summed E-state index contributed by atoms with van der Waals surface area (Å²) in [7, 11) is 0. The van der Waals surface area contributed by atoms with Crippen molar-refractivity contribution in [1.29, 1.82) is 0 Å². The normalized spacial score (nSPS) is 28.1. The Morgan fingerprint density at radius 2 is 1.83 bits per heavy atom. The number of nitrogen functional groups attached to an aromatic ring is 1. The fourth-order valence-corrected chi connectivity index (χ4v) is 3.10. The highest BCUT2D eigenvalue weighted by molar-refractivity contribution is 6.42. The summed E-state index contributed by atoms with van der Waals surface area (Å²) in [5.74, 6) is 1.48. The minimum atomic E-state index is 0.473. The molecule has 1 saturated carbocycles. The van der Waals surface area contributed by atoms with Crippen molar-refractivity contribution in [3.8, 4) is 0 Å². The highest BCUT2D eigenvalue weighted by Gasteiger charge is 2.25. The molecule has 0 saturated heterocycles. The number of nitrogens with two attached hydrogens (primary N) is 1. The third kappa shape index (κ3) is 3.04. The molecule has 1 aliphatic carbocycles. The molecule has 0 heterocycles. The predicted octanol–water partition coefficient (Wildman–Crippen LogP) is 4.81. The van der Waals surface area contributed by atoms with Gasteiger partial charge >= 0.3 is 0 Å². The summed E-state index contributed by atoms with van der Waals surface area (Å²) in [5, 5.41) is 4.57. The summed E-state index contributed by atoms with van der Waals surface area (Å²) >= 11 is 12.0. The number of halogens is 2. The van der Waals surface area contributed by atoms with Crippen LogP contribution in [-0.2, 0) is 0 Å². The van der Waals surface area contributed by atoms with Crippen LogP contribution in [0.2, 0.25) is 10.0 Å². The molecule has 0 bridgehead atoms. The van der Waals surface area contributed by atoms with Crippen LogP contribution in [0, 0.1) is 11.8 Å². The van der Waals surface area contributed by atoms with Crippen molar-refractivity contribution in [3.63, 3.8) is 0 Å². The maximum absolute atomic E-state index is 6.04. The summed E-state index contributed by atoms with van der Waals surface area (Å²) in [6.45, 7) is 4.61. The smallest absolute Gasteiger partial charge is 0.0614 e. The SMILES string of the molecule is CC1CCC(Nc2cc(Cl)c(Cl)cc2N)C(C)C1. The third-order valence-corrected chi connectivity index (χ3v) is 4.59. The molecule has 0 amide bonds. The van der Waals surface area contributed by atoms with Gasteiger partial charge in [0.05, 0.1) is 21.4 Å². The Labute approximate surface area is 119 Å². The van der Waals surface area contributed by atoms with Crippen molar-refractivity contribution < 1.29 is 0 Å². The number of nitrogens with one attached hydrogen (secondary N) is 1. The van der Waals surface area contributed by atoms with Gasteiger partial charge in [-0.1, -0.05) is 37.0 Å². The first-order chi connectivity index (χ1) is 8.47. The second-order valence-electron chi connectivity index (χ2n) is 5.50. The monoisotopic (exact) mass is 286 g/mol. The maximum atomic E-state index is 6.04. The fourth-order valence-electron chi connectivity index (χ4n) is 2.77. The molecule has 2 rings (SSSR count). The van der Waals surface area contributed by atoms with Crippen molar-refractivity contribution in [3.05, 3.63) is 22.2 Å². The molecule has 1 aromatic carbocycles. The number of hydrogen-bond donors (Lipinski definition) is 2. The minimum absolute atomic E-state index is 0.473. The summed E-state index contributed by atoms with van der Waals surface area (Å²) in [4.78, 5) is 0. The zero-order valence-corrected chi connectivity index (χ0v) is 12.4. The Morgan fingerprint density at radius 1 is 1.17 bits per heavy atom. The van der Waals surface area contributed by atoms with Gasteiger partial charge in [-0.3, -0.25) is 0 Å². The maximum Gasteiger partial charge on any atom is 0.0614 e. The van der Waals surface area contributed by atoms with E-state index in [9.17, 15) is 0 Å². The molecule has 100 valence electrons. The summed E-state index contributed by atoms with van der Waals surface area (Å²) in [6.07, 6.45) is 3.71. The van der Waals surface area contributed by atoms with E-state index in [0.29, 0.717) is 27.7 Å². The molecule has 0 radical (unpaired) electrons. The molecule has 3 N–H and O–H groups in total. The van der Waals surface area contributed by atoms with Crippen LogP contribution in [0.15, 0.2) is 12.1 Å². The van der Waals surface area contributed by atoms with Gasteiger partial charge in [0, 0.05) is 6.04 Å². The molecular formula is C14H20Cl2N2. The molecule has 18 heavy (non-hydrogen) atoms. The van der Waals surface area contributed by atoms with E-state index in [1.165, 1.54) is 19.3 Å². The topological polar surface area (TPSA) is 38.0 Å². The zero-order valence-electron chi connectivity index (χ0n) is 10.8. The molecular weight excluding hydrogens is 267 g/mol. The molecule has 3 atom stereocenters. The second kappa shape index (κ2) is 5.58. The van der Waals surface area contributed by atoms with E-state index in [-0.39, 0.29) is 0 Å². The molecule has 1 fully saturated rings. The van der Waals surface area contributed by atoms with Gasteiger partial charge in [-0.2, -0.15) is 0 Å². The average Bonchev–Trinajstić information content (AvgIpc) is 2.29. The lowest BCUT2D eigenvalue weighted by Gasteiger charge is -2.34. The van der Waals surface area contributed by atoms with Crippen LogP contribution in [-0.4, -0.2) is 6.04 Å². The van der Waals surface area contributed by atoms with Crippen molar-refractivity contribution in [2.75, 3.05) is 11.1 Å². The van der Waals surface area contributed by atoms with Gasteiger partial charge in [0.1, 0.15) is 0 Å². The molecule has 4 heteroatoms. The quantitative estimate of drug-likeness (QED) is 0.766. The number of rotatable bonds is 2.